The Morgan fingerprint density at radius 2 is 1.89 bits per heavy atom. The van der Waals surface area contributed by atoms with Crippen molar-refractivity contribution in [2.75, 3.05) is 0 Å². The highest BCUT2D eigenvalue weighted by Gasteiger charge is 2.33. The van der Waals surface area contributed by atoms with Gasteiger partial charge in [0.2, 0.25) is 0 Å². The van der Waals surface area contributed by atoms with E-state index < -0.39 is 0 Å². The molecule has 3 atom stereocenters. The molecule has 0 saturated heterocycles. The first kappa shape index (κ1) is 15.2. The van der Waals surface area contributed by atoms with Crippen molar-refractivity contribution in [3.05, 3.63) is 0 Å². The fourth-order valence-corrected chi connectivity index (χ4v) is 2.76. The van der Waals surface area contributed by atoms with Crippen LogP contribution in [-0.4, -0.2) is 17.9 Å². The third-order valence-electron chi connectivity index (χ3n) is 3.93. The van der Waals surface area contributed by atoms with Crippen LogP contribution in [0.3, 0.4) is 0 Å². The molecule has 0 bridgehead atoms. The van der Waals surface area contributed by atoms with Gasteiger partial charge < -0.3 is 9.53 Å². The first-order chi connectivity index (χ1) is 8.40. The quantitative estimate of drug-likeness (QED) is 0.707. The normalized spacial score (nSPS) is 28.2. The van der Waals surface area contributed by atoms with Gasteiger partial charge in [-0.3, -0.25) is 4.79 Å². The third-order valence-corrected chi connectivity index (χ3v) is 3.93. The number of esters is 1. The second kappa shape index (κ2) is 6.91. The van der Waals surface area contributed by atoms with Crippen LogP contribution >= 0.6 is 0 Å². The topological polar surface area (TPSA) is 43.4 Å². The van der Waals surface area contributed by atoms with E-state index in [-0.39, 0.29) is 24.3 Å². The molecule has 0 amide bonds. The van der Waals surface area contributed by atoms with Crippen LogP contribution in [0.4, 0.5) is 0 Å². The Hall–Kier alpha value is -0.860. The van der Waals surface area contributed by atoms with Crippen LogP contribution in [0.15, 0.2) is 0 Å². The van der Waals surface area contributed by atoms with E-state index >= 15 is 0 Å². The summed E-state index contributed by atoms with van der Waals surface area (Å²) in [6, 6.07) is 0. The Morgan fingerprint density at radius 3 is 2.44 bits per heavy atom. The average Bonchev–Trinajstić information content (AvgIpc) is 2.26. The molecule has 0 spiro atoms. The zero-order chi connectivity index (χ0) is 13.7. The summed E-state index contributed by atoms with van der Waals surface area (Å²) in [5, 5.41) is 0. The van der Waals surface area contributed by atoms with E-state index in [0.29, 0.717) is 24.2 Å². The van der Waals surface area contributed by atoms with Crippen molar-refractivity contribution in [3.63, 3.8) is 0 Å². The molecule has 3 heteroatoms. The maximum atomic E-state index is 11.7. The van der Waals surface area contributed by atoms with Crippen LogP contribution < -0.4 is 0 Å². The number of hydrogen-bond acceptors (Lipinski definition) is 3. The molecule has 1 fully saturated rings. The van der Waals surface area contributed by atoms with Gasteiger partial charge in [-0.2, -0.15) is 0 Å². The summed E-state index contributed by atoms with van der Waals surface area (Å²) in [5.41, 5.74) is 0. The molecule has 0 aromatic rings. The second-order valence-electron chi connectivity index (χ2n) is 6.06. The molecule has 0 heterocycles. The van der Waals surface area contributed by atoms with E-state index in [0.717, 1.165) is 12.8 Å². The Labute approximate surface area is 110 Å². The molecule has 1 saturated carbocycles. The summed E-state index contributed by atoms with van der Waals surface area (Å²) < 4.78 is 5.59. The zero-order valence-electron chi connectivity index (χ0n) is 12.1. The molecule has 0 radical (unpaired) electrons. The first-order valence-corrected chi connectivity index (χ1v) is 7.09. The molecule has 1 aliphatic rings. The Balaban J connectivity index is 2.49. The smallest absolute Gasteiger partial charge is 0.306 e. The first-order valence-electron chi connectivity index (χ1n) is 7.09. The minimum Gasteiger partial charge on any atom is -0.462 e. The summed E-state index contributed by atoms with van der Waals surface area (Å²) in [4.78, 5) is 22.6. The lowest BCUT2D eigenvalue weighted by molar-refractivity contribution is -0.156. The van der Waals surface area contributed by atoms with Crippen LogP contribution in [0.25, 0.3) is 0 Å². The van der Waals surface area contributed by atoms with Crippen molar-refractivity contribution in [2.45, 2.75) is 65.9 Å². The molecule has 104 valence electrons. The van der Waals surface area contributed by atoms with Crippen LogP contribution in [0.2, 0.25) is 0 Å². The Morgan fingerprint density at radius 1 is 1.22 bits per heavy atom. The van der Waals surface area contributed by atoms with E-state index in [9.17, 15) is 9.59 Å². The summed E-state index contributed by atoms with van der Waals surface area (Å²) in [6.07, 6.45) is 3.91. The third kappa shape index (κ3) is 4.79. The minimum absolute atomic E-state index is 0.0457. The fraction of sp³-hybridized carbons (Fsp3) is 0.867. The van der Waals surface area contributed by atoms with Crippen LogP contribution in [0, 0.1) is 17.8 Å². The van der Waals surface area contributed by atoms with Gasteiger partial charge in [0.25, 0.3) is 0 Å². The largest absolute Gasteiger partial charge is 0.462 e. The van der Waals surface area contributed by atoms with E-state index in [1.54, 1.807) is 0 Å². The molecule has 0 aromatic carbocycles. The van der Waals surface area contributed by atoms with Gasteiger partial charge in [-0.1, -0.05) is 27.2 Å². The summed E-state index contributed by atoms with van der Waals surface area (Å²) in [5.74, 6) is 1.48. The molecule has 1 rings (SSSR count). The van der Waals surface area contributed by atoms with Gasteiger partial charge >= 0.3 is 5.97 Å². The summed E-state index contributed by atoms with van der Waals surface area (Å²) in [6.45, 7) is 8.11. The highest BCUT2D eigenvalue weighted by atomic mass is 16.5. The molecular formula is C15H26O3. The standard InChI is InChI=1S/C15H26O3/c1-10(2)13-7-5-11(3)9-14(13)18-15(17)8-6-12(4)16/h10-11,13-14H,5-9H2,1-4H3. The summed E-state index contributed by atoms with van der Waals surface area (Å²) >= 11 is 0. The number of rotatable bonds is 5. The van der Waals surface area contributed by atoms with Gasteiger partial charge in [0.1, 0.15) is 11.9 Å². The Kier molecular flexibility index (Phi) is 5.83. The van der Waals surface area contributed by atoms with Crippen molar-refractivity contribution >= 4 is 11.8 Å². The van der Waals surface area contributed by atoms with E-state index in [1.165, 1.54) is 13.3 Å². The van der Waals surface area contributed by atoms with Gasteiger partial charge in [0.15, 0.2) is 0 Å². The maximum Gasteiger partial charge on any atom is 0.306 e. The molecule has 1 aliphatic carbocycles. The average molecular weight is 254 g/mol. The molecule has 3 nitrogen and oxygen atoms in total. The molecule has 0 aromatic heterocycles. The van der Waals surface area contributed by atoms with Gasteiger partial charge in [0.05, 0.1) is 6.42 Å². The molecule has 0 aliphatic heterocycles. The van der Waals surface area contributed by atoms with Crippen LogP contribution in [0.5, 0.6) is 0 Å². The van der Waals surface area contributed by atoms with Crippen molar-refractivity contribution in [1.29, 1.82) is 0 Å². The lowest BCUT2D eigenvalue weighted by Gasteiger charge is -2.36. The van der Waals surface area contributed by atoms with Gasteiger partial charge in [0, 0.05) is 6.42 Å². The van der Waals surface area contributed by atoms with Crippen molar-refractivity contribution in [3.8, 4) is 0 Å². The highest BCUT2D eigenvalue weighted by molar-refractivity contribution is 5.81. The Bertz CT molecular complexity index is 296. The number of carbonyl (C=O) groups is 2. The minimum atomic E-state index is -0.213. The lowest BCUT2D eigenvalue weighted by Crippen LogP contribution is -2.35. The van der Waals surface area contributed by atoms with Gasteiger partial charge in [-0.05, 0) is 37.5 Å². The molecule has 18 heavy (non-hydrogen) atoms. The predicted octanol–water partition coefficient (Wildman–Crippen LogP) is 3.36. The van der Waals surface area contributed by atoms with Crippen molar-refractivity contribution in [2.24, 2.45) is 17.8 Å². The molecule has 0 N–H and O–H groups in total. The van der Waals surface area contributed by atoms with Crippen molar-refractivity contribution < 1.29 is 14.3 Å². The van der Waals surface area contributed by atoms with E-state index in [2.05, 4.69) is 20.8 Å². The molecule has 3 unspecified atom stereocenters. The van der Waals surface area contributed by atoms with E-state index in [4.69, 9.17) is 4.74 Å². The SMILES string of the molecule is CC(=O)CCC(=O)OC1CC(C)CCC1C(C)C. The monoisotopic (exact) mass is 254 g/mol. The second-order valence-corrected chi connectivity index (χ2v) is 6.06. The van der Waals surface area contributed by atoms with Gasteiger partial charge in [-0.15, -0.1) is 0 Å². The fourth-order valence-electron chi connectivity index (χ4n) is 2.76. The number of Topliss-reactive ketones (excluding diaryl/α,β-unsaturated/α-hetero) is 1. The zero-order valence-corrected chi connectivity index (χ0v) is 12.1. The number of hydrogen-bond donors (Lipinski definition) is 0. The van der Waals surface area contributed by atoms with E-state index in [1.807, 2.05) is 0 Å². The van der Waals surface area contributed by atoms with Crippen molar-refractivity contribution in [1.82, 2.24) is 0 Å². The maximum absolute atomic E-state index is 11.7. The van der Waals surface area contributed by atoms with Crippen LogP contribution in [0.1, 0.15) is 59.8 Å². The van der Waals surface area contributed by atoms with Crippen LogP contribution in [-0.2, 0) is 14.3 Å². The number of carbonyl (C=O) groups excluding carboxylic acids is 2. The number of ether oxygens (including phenoxy) is 1. The highest BCUT2D eigenvalue weighted by Crippen LogP contribution is 2.35. The number of ketones is 1. The summed E-state index contributed by atoms with van der Waals surface area (Å²) in [7, 11) is 0. The predicted molar refractivity (Wildman–Crippen MR) is 71.1 cm³/mol. The molecular weight excluding hydrogens is 228 g/mol. The van der Waals surface area contributed by atoms with Gasteiger partial charge in [-0.25, -0.2) is 0 Å². The lowest BCUT2D eigenvalue weighted by atomic mass is 9.75.